The third kappa shape index (κ3) is 1.34. The second kappa shape index (κ2) is 3.75. The normalized spacial score (nSPS) is 17.9. The minimum atomic E-state index is 0.00981. The standard InChI is InChI=1S/C15H20N2O/c1-9-10(2)17-12-5-4-11(14(18)13(9)12)15(8-16)6-3-7-15/h4-5,17-18H,3,6-8,16H2,1-2H3. The van der Waals surface area contributed by atoms with Crippen molar-refractivity contribution in [1.82, 2.24) is 4.98 Å². The van der Waals surface area contributed by atoms with Crippen LogP contribution in [0.4, 0.5) is 0 Å². The van der Waals surface area contributed by atoms with Gasteiger partial charge in [0.15, 0.2) is 0 Å². The lowest BCUT2D eigenvalue weighted by atomic mass is 9.64. The number of rotatable bonds is 2. The number of H-pyrrole nitrogens is 1. The van der Waals surface area contributed by atoms with Gasteiger partial charge in [0, 0.05) is 34.1 Å². The summed E-state index contributed by atoms with van der Waals surface area (Å²) in [7, 11) is 0. The molecule has 0 atom stereocenters. The van der Waals surface area contributed by atoms with Crippen LogP contribution in [0.3, 0.4) is 0 Å². The van der Waals surface area contributed by atoms with Gasteiger partial charge in [-0.1, -0.05) is 12.5 Å². The van der Waals surface area contributed by atoms with Crippen LogP contribution in [0.1, 0.15) is 36.1 Å². The minimum Gasteiger partial charge on any atom is -0.507 e. The Morgan fingerprint density at radius 2 is 2.06 bits per heavy atom. The van der Waals surface area contributed by atoms with Crippen LogP contribution >= 0.6 is 0 Å². The predicted octanol–water partition coefficient (Wildman–Crippen LogP) is 2.87. The Labute approximate surface area is 107 Å². The molecule has 1 heterocycles. The highest BCUT2D eigenvalue weighted by Crippen LogP contribution is 2.48. The van der Waals surface area contributed by atoms with Crippen LogP contribution in [0.5, 0.6) is 5.75 Å². The van der Waals surface area contributed by atoms with Gasteiger partial charge in [-0.15, -0.1) is 0 Å². The van der Waals surface area contributed by atoms with E-state index >= 15 is 0 Å². The fourth-order valence-electron chi connectivity index (χ4n) is 3.17. The van der Waals surface area contributed by atoms with Gasteiger partial charge >= 0.3 is 0 Å². The van der Waals surface area contributed by atoms with Crippen molar-refractivity contribution in [2.45, 2.75) is 38.5 Å². The van der Waals surface area contributed by atoms with Crippen LogP contribution in [-0.4, -0.2) is 16.6 Å². The third-order valence-electron chi connectivity index (χ3n) is 4.71. The number of phenolic OH excluding ortho intramolecular Hbond substituents is 1. The van der Waals surface area contributed by atoms with E-state index in [-0.39, 0.29) is 5.41 Å². The highest BCUT2D eigenvalue weighted by Gasteiger charge is 2.39. The molecule has 0 radical (unpaired) electrons. The van der Waals surface area contributed by atoms with Crippen LogP contribution in [-0.2, 0) is 5.41 Å². The lowest BCUT2D eigenvalue weighted by Crippen LogP contribution is -2.41. The van der Waals surface area contributed by atoms with Gasteiger partial charge in [-0.25, -0.2) is 0 Å². The van der Waals surface area contributed by atoms with Gasteiger partial charge in [0.05, 0.1) is 0 Å². The molecule has 0 spiro atoms. The third-order valence-corrected chi connectivity index (χ3v) is 4.71. The first-order valence-corrected chi connectivity index (χ1v) is 6.60. The fraction of sp³-hybridized carbons (Fsp3) is 0.467. The van der Waals surface area contributed by atoms with E-state index in [9.17, 15) is 5.11 Å². The van der Waals surface area contributed by atoms with E-state index in [1.807, 2.05) is 19.9 Å². The van der Waals surface area contributed by atoms with Crippen molar-refractivity contribution in [2.24, 2.45) is 5.73 Å². The first-order valence-electron chi connectivity index (χ1n) is 6.60. The average molecular weight is 244 g/mol. The number of aromatic amines is 1. The monoisotopic (exact) mass is 244 g/mol. The molecule has 4 N–H and O–H groups in total. The van der Waals surface area contributed by atoms with Crippen LogP contribution in [0.25, 0.3) is 10.9 Å². The zero-order valence-electron chi connectivity index (χ0n) is 11.0. The Morgan fingerprint density at radius 1 is 1.33 bits per heavy atom. The van der Waals surface area contributed by atoms with Gasteiger partial charge in [0.1, 0.15) is 5.75 Å². The predicted molar refractivity (Wildman–Crippen MR) is 74.0 cm³/mol. The largest absolute Gasteiger partial charge is 0.507 e. The van der Waals surface area contributed by atoms with Gasteiger partial charge in [0.2, 0.25) is 0 Å². The molecule has 96 valence electrons. The molecule has 0 aliphatic heterocycles. The van der Waals surface area contributed by atoms with Gasteiger partial charge in [-0.05, 0) is 38.3 Å². The maximum absolute atomic E-state index is 10.6. The van der Waals surface area contributed by atoms with Crippen LogP contribution in [0, 0.1) is 13.8 Å². The number of hydrogen-bond acceptors (Lipinski definition) is 2. The number of aryl methyl sites for hydroxylation is 2. The van der Waals surface area contributed by atoms with E-state index in [2.05, 4.69) is 11.1 Å². The molecule has 1 aromatic carbocycles. The summed E-state index contributed by atoms with van der Waals surface area (Å²) in [5.41, 5.74) is 10.2. The molecule has 3 nitrogen and oxygen atoms in total. The number of nitrogens with two attached hydrogens (primary N) is 1. The zero-order chi connectivity index (χ0) is 12.9. The zero-order valence-corrected chi connectivity index (χ0v) is 11.0. The molecule has 2 aromatic rings. The Hall–Kier alpha value is -1.48. The van der Waals surface area contributed by atoms with Crippen molar-refractivity contribution >= 4 is 10.9 Å². The van der Waals surface area contributed by atoms with Crippen molar-refractivity contribution in [3.63, 3.8) is 0 Å². The smallest absolute Gasteiger partial charge is 0.129 e. The molecule has 18 heavy (non-hydrogen) atoms. The number of aromatic nitrogens is 1. The Morgan fingerprint density at radius 3 is 2.61 bits per heavy atom. The molecule has 3 heteroatoms. The second-order valence-corrected chi connectivity index (χ2v) is 5.60. The lowest BCUT2D eigenvalue weighted by molar-refractivity contribution is 0.246. The molecule has 3 rings (SSSR count). The average Bonchev–Trinajstić information content (AvgIpc) is 2.58. The van der Waals surface area contributed by atoms with Gasteiger partial charge in [-0.3, -0.25) is 0 Å². The minimum absolute atomic E-state index is 0.00981. The summed E-state index contributed by atoms with van der Waals surface area (Å²) in [6, 6.07) is 4.11. The summed E-state index contributed by atoms with van der Waals surface area (Å²) in [5.74, 6) is 0.430. The van der Waals surface area contributed by atoms with E-state index in [1.165, 1.54) is 6.42 Å². The maximum Gasteiger partial charge on any atom is 0.129 e. The Kier molecular flexibility index (Phi) is 2.42. The van der Waals surface area contributed by atoms with E-state index in [4.69, 9.17) is 5.73 Å². The number of nitrogens with one attached hydrogen (secondary N) is 1. The quantitative estimate of drug-likeness (QED) is 0.760. The maximum atomic E-state index is 10.6. The molecular weight excluding hydrogens is 224 g/mol. The molecule has 0 bridgehead atoms. The molecule has 1 saturated carbocycles. The van der Waals surface area contributed by atoms with Crippen molar-refractivity contribution in [2.75, 3.05) is 6.54 Å². The number of hydrogen-bond donors (Lipinski definition) is 3. The van der Waals surface area contributed by atoms with Gasteiger partial charge < -0.3 is 15.8 Å². The van der Waals surface area contributed by atoms with Gasteiger partial charge in [-0.2, -0.15) is 0 Å². The second-order valence-electron chi connectivity index (χ2n) is 5.60. The van der Waals surface area contributed by atoms with Crippen molar-refractivity contribution in [1.29, 1.82) is 0 Å². The van der Waals surface area contributed by atoms with Gasteiger partial charge in [0.25, 0.3) is 0 Å². The first-order chi connectivity index (χ1) is 8.59. The highest BCUT2D eigenvalue weighted by molar-refractivity contribution is 5.91. The molecule has 0 unspecified atom stereocenters. The van der Waals surface area contributed by atoms with Crippen LogP contribution in [0.15, 0.2) is 12.1 Å². The summed E-state index contributed by atoms with van der Waals surface area (Å²) >= 11 is 0. The summed E-state index contributed by atoms with van der Waals surface area (Å²) in [6.07, 6.45) is 3.38. The highest BCUT2D eigenvalue weighted by atomic mass is 16.3. The Bertz CT molecular complexity index is 603. The lowest BCUT2D eigenvalue weighted by Gasteiger charge is -2.41. The van der Waals surface area contributed by atoms with E-state index in [1.54, 1.807) is 0 Å². The summed E-state index contributed by atoms with van der Waals surface area (Å²) in [4.78, 5) is 3.31. The topological polar surface area (TPSA) is 62.0 Å². The Balaban J connectivity index is 2.26. The van der Waals surface area contributed by atoms with Crippen molar-refractivity contribution in [3.8, 4) is 5.75 Å². The SMILES string of the molecule is Cc1[nH]c2ccc(C3(CN)CCC3)c(O)c2c1C. The van der Waals surface area contributed by atoms with Crippen molar-refractivity contribution in [3.05, 3.63) is 29.0 Å². The number of phenols is 1. The van der Waals surface area contributed by atoms with Crippen LogP contribution < -0.4 is 5.73 Å². The molecule has 1 aromatic heterocycles. The number of benzene rings is 1. The summed E-state index contributed by atoms with van der Waals surface area (Å²) in [6.45, 7) is 4.71. The van der Waals surface area contributed by atoms with E-state index in [0.717, 1.165) is 40.6 Å². The summed E-state index contributed by atoms with van der Waals surface area (Å²) < 4.78 is 0. The van der Waals surface area contributed by atoms with Crippen molar-refractivity contribution < 1.29 is 5.11 Å². The molecule has 1 aliphatic carbocycles. The number of aromatic hydroxyl groups is 1. The number of fused-ring (bicyclic) bond motifs is 1. The molecular formula is C15H20N2O. The fourth-order valence-corrected chi connectivity index (χ4v) is 3.17. The summed E-state index contributed by atoms with van der Waals surface area (Å²) in [5, 5.41) is 11.6. The molecule has 1 fully saturated rings. The first kappa shape index (κ1) is 11.6. The van der Waals surface area contributed by atoms with Crippen LogP contribution in [0.2, 0.25) is 0 Å². The molecule has 0 amide bonds. The van der Waals surface area contributed by atoms with E-state index < -0.39 is 0 Å². The molecule has 1 aliphatic rings. The molecule has 0 saturated heterocycles. The van der Waals surface area contributed by atoms with E-state index in [0.29, 0.717) is 12.3 Å².